The monoisotopic (exact) mass is 270 g/mol. The highest BCUT2D eigenvalue weighted by atomic mass is 32.1. The van der Waals surface area contributed by atoms with E-state index < -0.39 is 23.8 Å². The van der Waals surface area contributed by atoms with Gasteiger partial charge in [0, 0.05) is 10.4 Å². The SMILES string of the molecule is CC(O)C(C)OC1(C(=O)O)CCCc2sccc21. The lowest BCUT2D eigenvalue weighted by Gasteiger charge is -2.36. The van der Waals surface area contributed by atoms with Crippen LogP contribution in [0.2, 0.25) is 0 Å². The molecule has 1 aromatic rings. The number of rotatable bonds is 4. The predicted molar refractivity (Wildman–Crippen MR) is 68.8 cm³/mol. The molecule has 18 heavy (non-hydrogen) atoms. The van der Waals surface area contributed by atoms with Crippen LogP contribution in [0.1, 0.15) is 37.1 Å². The first-order valence-electron chi connectivity index (χ1n) is 6.13. The fraction of sp³-hybridized carbons (Fsp3) is 0.615. The first-order chi connectivity index (χ1) is 8.47. The van der Waals surface area contributed by atoms with Crippen LogP contribution in [0.25, 0.3) is 0 Å². The summed E-state index contributed by atoms with van der Waals surface area (Å²) >= 11 is 1.57. The van der Waals surface area contributed by atoms with Gasteiger partial charge in [0.15, 0.2) is 5.60 Å². The fourth-order valence-corrected chi connectivity index (χ4v) is 3.33. The van der Waals surface area contributed by atoms with Crippen LogP contribution in [-0.2, 0) is 21.6 Å². The number of aryl methyl sites for hydroxylation is 1. The van der Waals surface area contributed by atoms with E-state index in [2.05, 4.69) is 0 Å². The number of aliphatic hydroxyl groups is 1. The summed E-state index contributed by atoms with van der Waals surface area (Å²) < 4.78 is 5.74. The first kappa shape index (κ1) is 13.5. The lowest BCUT2D eigenvalue weighted by Crippen LogP contribution is -2.45. The molecular weight excluding hydrogens is 252 g/mol. The van der Waals surface area contributed by atoms with E-state index in [9.17, 15) is 15.0 Å². The van der Waals surface area contributed by atoms with E-state index in [1.54, 1.807) is 25.2 Å². The van der Waals surface area contributed by atoms with E-state index in [0.29, 0.717) is 6.42 Å². The third kappa shape index (κ3) is 2.18. The summed E-state index contributed by atoms with van der Waals surface area (Å²) in [5.41, 5.74) is -0.525. The molecule has 0 saturated carbocycles. The maximum absolute atomic E-state index is 11.7. The van der Waals surface area contributed by atoms with Gasteiger partial charge in [-0.15, -0.1) is 11.3 Å². The molecule has 0 amide bonds. The summed E-state index contributed by atoms with van der Waals surface area (Å²) in [7, 11) is 0. The smallest absolute Gasteiger partial charge is 0.340 e. The van der Waals surface area contributed by atoms with Gasteiger partial charge in [-0.3, -0.25) is 0 Å². The van der Waals surface area contributed by atoms with Crippen LogP contribution < -0.4 is 0 Å². The molecule has 1 aliphatic carbocycles. The standard InChI is InChI=1S/C13H18O4S/c1-8(14)9(2)17-13(12(15)16)6-3-4-11-10(13)5-7-18-11/h5,7-9,14H,3-4,6H2,1-2H3,(H,15,16). The van der Waals surface area contributed by atoms with Gasteiger partial charge in [0.25, 0.3) is 0 Å². The summed E-state index contributed by atoms with van der Waals surface area (Å²) in [5, 5.41) is 21.0. The van der Waals surface area contributed by atoms with Crippen LogP contribution in [-0.4, -0.2) is 28.4 Å². The average Bonchev–Trinajstić information content (AvgIpc) is 2.77. The first-order valence-corrected chi connectivity index (χ1v) is 7.01. The Morgan fingerprint density at radius 1 is 1.56 bits per heavy atom. The van der Waals surface area contributed by atoms with Crippen LogP contribution in [0.4, 0.5) is 0 Å². The molecule has 1 heterocycles. The summed E-state index contributed by atoms with van der Waals surface area (Å²) in [6, 6.07) is 1.84. The number of hydrogen-bond donors (Lipinski definition) is 2. The second-order valence-electron chi connectivity index (χ2n) is 4.81. The number of carboxylic acids is 1. The number of carboxylic acid groups (broad SMARTS) is 1. The summed E-state index contributed by atoms with van der Waals surface area (Å²) in [6.07, 6.45) is 0.974. The Morgan fingerprint density at radius 3 is 2.89 bits per heavy atom. The topological polar surface area (TPSA) is 66.8 Å². The molecule has 5 heteroatoms. The highest BCUT2D eigenvalue weighted by Gasteiger charge is 2.47. The van der Waals surface area contributed by atoms with Crippen molar-refractivity contribution in [3.05, 3.63) is 21.9 Å². The zero-order valence-corrected chi connectivity index (χ0v) is 11.4. The van der Waals surface area contributed by atoms with Crippen LogP contribution in [0.3, 0.4) is 0 Å². The molecule has 3 atom stereocenters. The maximum Gasteiger partial charge on any atom is 0.340 e. The molecule has 0 fully saturated rings. The molecule has 4 nitrogen and oxygen atoms in total. The van der Waals surface area contributed by atoms with Crippen LogP contribution >= 0.6 is 11.3 Å². The zero-order valence-electron chi connectivity index (χ0n) is 10.5. The minimum Gasteiger partial charge on any atom is -0.479 e. The lowest BCUT2D eigenvalue weighted by molar-refractivity contribution is -0.185. The van der Waals surface area contributed by atoms with Crippen molar-refractivity contribution in [2.24, 2.45) is 0 Å². The van der Waals surface area contributed by atoms with Gasteiger partial charge in [-0.05, 0) is 44.6 Å². The number of fused-ring (bicyclic) bond motifs is 1. The van der Waals surface area contributed by atoms with Crippen LogP contribution in [0.15, 0.2) is 11.4 Å². The fourth-order valence-electron chi connectivity index (χ4n) is 2.34. The molecule has 0 saturated heterocycles. The van der Waals surface area contributed by atoms with E-state index >= 15 is 0 Å². The second kappa shape index (κ2) is 4.99. The molecule has 3 unspecified atom stereocenters. The molecule has 100 valence electrons. The van der Waals surface area contributed by atoms with E-state index in [-0.39, 0.29) is 0 Å². The Kier molecular flexibility index (Phi) is 3.75. The molecule has 2 rings (SSSR count). The van der Waals surface area contributed by atoms with Gasteiger partial charge in [-0.1, -0.05) is 0 Å². The molecule has 0 radical (unpaired) electrons. The quantitative estimate of drug-likeness (QED) is 0.879. The molecular formula is C13H18O4S. The van der Waals surface area contributed by atoms with Crippen molar-refractivity contribution in [3.8, 4) is 0 Å². The molecule has 2 N–H and O–H groups in total. The van der Waals surface area contributed by atoms with Gasteiger partial charge in [0.2, 0.25) is 0 Å². The van der Waals surface area contributed by atoms with Gasteiger partial charge < -0.3 is 14.9 Å². The minimum atomic E-state index is -1.29. The Bertz CT molecular complexity index is 440. The average molecular weight is 270 g/mol. The number of aliphatic carboxylic acids is 1. The van der Waals surface area contributed by atoms with Gasteiger partial charge in [0.05, 0.1) is 12.2 Å². The number of ether oxygens (including phenoxy) is 1. The maximum atomic E-state index is 11.7. The van der Waals surface area contributed by atoms with E-state index in [1.165, 1.54) is 0 Å². The van der Waals surface area contributed by atoms with Crippen molar-refractivity contribution in [2.75, 3.05) is 0 Å². The number of thiophene rings is 1. The molecule has 0 aliphatic heterocycles. The highest BCUT2D eigenvalue weighted by molar-refractivity contribution is 7.10. The van der Waals surface area contributed by atoms with E-state index in [0.717, 1.165) is 23.3 Å². The van der Waals surface area contributed by atoms with Crippen molar-refractivity contribution >= 4 is 17.3 Å². The Balaban J connectivity index is 2.38. The van der Waals surface area contributed by atoms with E-state index in [4.69, 9.17) is 4.74 Å². The van der Waals surface area contributed by atoms with Crippen molar-refractivity contribution in [1.82, 2.24) is 0 Å². The molecule has 0 bridgehead atoms. The van der Waals surface area contributed by atoms with E-state index in [1.807, 2.05) is 11.4 Å². The zero-order chi connectivity index (χ0) is 13.3. The Morgan fingerprint density at radius 2 is 2.28 bits per heavy atom. The summed E-state index contributed by atoms with van der Waals surface area (Å²) in [4.78, 5) is 12.8. The molecule has 1 aliphatic rings. The van der Waals surface area contributed by atoms with Crippen molar-refractivity contribution < 1.29 is 19.7 Å². The lowest BCUT2D eigenvalue weighted by atomic mass is 9.83. The molecule has 1 aromatic heterocycles. The molecule has 0 spiro atoms. The number of hydrogen-bond acceptors (Lipinski definition) is 4. The highest BCUT2D eigenvalue weighted by Crippen LogP contribution is 2.42. The van der Waals surface area contributed by atoms with Gasteiger partial charge in [0.1, 0.15) is 0 Å². The van der Waals surface area contributed by atoms with Crippen LogP contribution in [0, 0.1) is 0 Å². The van der Waals surface area contributed by atoms with Crippen molar-refractivity contribution in [1.29, 1.82) is 0 Å². The third-order valence-corrected chi connectivity index (χ3v) is 4.51. The van der Waals surface area contributed by atoms with Gasteiger partial charge >= 0.3 is 5.97 Å². The number of carbonyl (C=O) groups is 1. The van der Waals surface area contributed by atoms with Crippen molar-refractivity contribution in [2.45, 2.75) is 50.9 Å². The summed E-state index contributed by atoms with van der Waals surface area (Å²) in [5.74, 6) is -0.964. The van der Waals surface area contributed by atoms with Crippen molar-refractivity contribution in [3.63, 3.8) is 0 Å². The Hall–Kier alpha value is -0.910. The van der Waals surface area contributed by atoms with Gasteiger partial charge in [-0.2, -0.15) is 0 Å². The molecule has 0 aromatic carbocycles. The largest absolute Gasteiger partial charge is 0.479 e. The Labute approximate surface area is 110 Å². The second-order valence-corrected chi connectivity index (χ2v) is 5.81. The third-order valence-electron chi connectivity index (χ3n) is 3.53. The predicted octanol–water partition coefficient (Wildman–Crippen LogP) is 2.15. The van der Waals surface area contributed by atoms with Gasteiger partial charge in [-0.25, -0.2) is 4.79 Å². The van der Waals surface area contributed by atoms with Crippen LogP contribution in [0.5, 0.6) is 0 Å². The normalized spacial score (nSPS) is 26.4. The number of aliphatic hydroxyl groups excluding tert-OH is 1. The minimum absolute atomic E-state index is 0.461. The summed E-state index contributed by atoms with van der Waals surface area (Å²) in [6.45, 7) is 3.31.